The van der Waals surface area contributed by atoms with Crippen LogP contribution in [0.2, 0.25) is 10.2 Å². The Morgan fingerprint density at radius 2 is 1.96 bits per heavy atom. The van der Waals surface area contributed by atoms with Gasteiger partial charge in [-0.1, -0.05) is 41.4 Å². The molecule has 1 heterocycles. The third-order valence-electron chi connectivity index (χ3n) is 4.13. The maximum atomic E-state index is 12.5. The number of fused-ring (bicyclic) bond motifs is 1. The minimum absolute atomic E-state index is 0.0791. The van der Waals surface area contributed by atoms with Crippen molar-refractivity contribution in [3.63, 3.8) is 0 Å². The fourth-order valence-electron chi connectivity index (χ4n) is 2.61. The number of amides is 1. The van der Waals surface area contributed by atoms with E-state index in [2.05, 4.69) is 10.3 Å². The van der Waals surface area contributed by atoms with Gasteiger partial charge in [0.1, 0.15) is 16.8 Å². The Kier molecular flexibility index (Phi) is 5.46. The highest BCUT2D eigenvalue weighted by Crippen LogP contribution is 2.25. The van der Waals surface area contributed by atoms with Crippen LogP contribution in [0.5, 0.6) is 0 Å². The molecule has 0 aliphatic heterocycles. The fourth-order valence-corrected chi connectivity index (χ4v) is 2.98. The van der Waals surface area contributed by atoms with Crippen LogP contribution in [-0.4, -0.2) is 10.9 Å². The van der Waals surface area contributed by atoms with Gasteiger partial charge in [0.15, 0.2) is 0 Å². The van der Waals surface area contributed by atoms with Gasteiger partial charge in [-0.25, -0.2) is 4.98 Å². The van der Waals surface area contributed by atoms with Gasteiger partial charge in [-0.2, -0.15) is 5.26 Å². The molecule has 0 fully saturated rings. The molecule has 0 bridgehead atoms. The smallest absolute Gasteiger partial charge is 0.266 e. The van der Waals surface area contributed by atoms with E-state index in [0.29, 0.717) is 16.3 Å². The van der Waals surface area contributed by atoms with Gasteiger partial charge >= 0.3 is 0 Å². The number of rotatable bonds is 3. The highest BCUT2D eigenvalue weighted by atomic mass is 35.5. The summed E-state index contributed by atoms with van der Waals surface area (Å²) in [6.07, 6.45) is 1.43. The number of aryl methyl sites for hydroxylation is 1. The van der Waals surface area contributed by atoms with E-state index in [1.807, 2.05) is 31.2 Å². The van der Waals surface area contributed by atoms with E-state index in [0.717, 1.165) is 22.0 Å². The van der Waals surface area contributed by atoms with Gasteiger partial charge in [0.05, 0.1) is 5.52 Å². The van der Waals surface area contributed by atoms with Gasteiger partial charge < -0.3 is 5.32 Å². The van der Waals surface area contributed by atoms with Crippen LogP contribution in [0.4, 0.5) is 5.69 Å². The average molecular weight is 396 g/mol. The summed E-state index contributed by atoms with van der Waals surface area (Å²) in [6.45, 7) is 3.76. The van der Waals surface area contributed by atoms with Crippen LogP contribution in [0.1, 0.15) is 16.7 Å². The van der Waals surface area contributed by atoms with Crippen molar-refractivity contribution >= 4 is 51.8 Å². The lowest BCUT2D eigenvalue weighted by atomic mass is 10.1. The van der Waals surface area contributed by atoms with Crippen LogP contribution in [-0.2, 0) is 4.79 Å². The molecule has 134 valence electrons. The Morgan fingerprint density at radius 1 is 1.19 bits per heavy atom. The molecule has 1 amide bonds. The molecule has 0 radical (unpaired) electrons. The molecule has 3 aromatic rings. The summed E-state index contributed by atoms with van der Waals surface area (Å²) < 4.78 is 0. The van der Waals surface area contributed by atoms with Crippen LogP contribution in [0.25, 0.3) is 17.0 Å². The first-order valence-electron chi connectivity index (χ1n) is 8.14. The third-order valence-corrected chi connectivity index (χ3v) is 4.85. The predicted octanol–water partition coefficient (Wildman–Crippen LogP) is 5.70. The molecule has 0 saturated carbocycles. The van der Waals surface area contributed by atoms with Crippen molar-refractivity contribution in [3.8, 4) is 6.07 Å². The molecule has 0 unspecified atom stereocenters. The van der Waals surface area contributed by atoms with Crippen LogP contribution >= 0.6 is 23.2 Å². The molecular weight excluding hydrogens is 381 g/mol. The second-order valence-electron chi connectivity index (χ2n) is 6.10. The molecule has 1 N–H and O–H groups in total. The number of pyridine rings is 1. The number of carbonyl (C=O) groups is 1. The van der Waals surface area contributed by atoms with E-state index < -0.39 is 5.91 Å². The Morgan fingerprint density at radius 3 is 2.70 bits per heavy atom. The molecule has 0 aliphatic carbocycles. The number of carbonyl (C=O) groups excluding carboxylic acids is 1. The number of anilines is 1. The van der Waals surface area contributed by atoms with Gasteiger partial charge in [-0.3, -0.25) is 4.79 Å². The van der Waals surface area contributed by atoms with Crippen molar-refractivity contribution < 1.29 is 4.79 Å². The first-order valence-corrected chi connectivity index (χ1v) is 8.90. The zero-order chi connectivity index (χ0) is 19.6. The quantitative estimate of drug-likeness (QED) is 0.351. The van der Waals surface area contributed by atoms with Crippen LogP contribution < -0.4 is 5.32 Å². The van der Waals surface area contributed by atoms with E-state index in [-0.39, 0.29) is 10.7 Å². The molecule has 6 heteroatoms. The van der Waals surface area contributed by atoms with E-state index >= 15 is 0 Å². The predicted molar refractivity (Wildman–Crippen MR) is 110 cm³/mol. The second kappa shape index (κ2) is 7.79. The second-order valence-corrected chi connectivity index (χ2v) is 6.87. The summed E-state index contributed by atoms with van der Waals surface area (Å²) in [4.78, 5) is 16.9. The maximum absolute atomic E-state index is 12.5. The van der Waals surface area contributed by atoms with Crippen LogP contribution in [0.15, 0.2) is 48.0 Å². The molecule has 0 aliphatic rings. The van der Waals surface area contributed by atoms with E-state index in [1.165, 1.54) is 6.08 Å². The molecule has 0 saturated heterocycles. The lowest BCUT2D eigenvalue weighted by Gasteiger charge is -2.09. The summed E-state index contributed by atoms with van der Waals surface area (Å²) in [5.41, 5.74) is 3.53. The summed E-state index contributed by atoms with van der Waals surface area (Å²) in [7, 11) is 0. The maximum Gasteiger partial charge on any atom is 0.266 e. The molecule has 27 heavy (non-hydrogen) atoms. The number of nitrogens with zero attached hydrogens (tertiary/aromatic N) is 2. The standard InChI is InChI=1S/C21H15Cl2N3O/c1-12-6-7-14-9-15(20(23)25-19(14)8-12)10-16(11-24)21(27)26-18-5-3-4-17(22)13(18)2/h3-10H,1-2H3,(H,26,27)/b16-10+. The molecule has 2 aromatic carbocycles. The van der Waals surface area contributed by atoms with Crippen molar-refractivity contribution in [3.05, 3.63) is 74.9 Å². The highest BCUT2D eigenvalue weighted by Gasteiger charge is 2.13. The fraction of sp³-hybridized carbons (Fsp3) is 0.0952. The lowest BCUT2D eigenvalue weighted by Crippen LogP contribution is -2.14. The number of nitrogens with one attached hydrogen (secondary N) is 1. The zero-order valence-corrected chi connectivity index (χ0v) is 16.2. The number of hydrogen-bond acceptors (Lipinski definition) is 3. The third kappa shape index (κ3) is 4.11. The molecule has 1 aromatic heterocycles. The zero-order valence-electron chi connectivity index (χ0n) is 14.7. The van der Waals surface area contributed by atoms with Gasteiger partial charge in [-0.05, 0) is 55.3 Å². The normalized spacial score (nSPS) is 11.3. The van der Waals surface area contributed by atoms with Crippen LogP contribution in [0.3, 0.4) is 0 Å². The van der Waals surface area contributed by atoms with Gasteiger partial charge in [-0.15, -0.1) is 0 Å². The summed E-state index contributed by atoms with van der Waals surface area (Å²) in [5, 5.41) is 13.8. The summed E-state index contributed by atoms with van der Waals surface area (Å²) in [5.74, 6) is -0.539. The Balaban J connectivity index is 1.96. The van der Waals surface area contributed by atoms with Gasteiger partial charge in [0, 0.05) is 21.7 Å². The minimum atomic E-state index is -0.539. The monoisotopic (exact) mass is 395 g/mol. The van der Waals surface area contributed by atoms with Crippen molar-refractivity contribution in [1.29, 1.82) is 5.26 Å². The van der Waals surface area contributed by atoms with E-state index in [9.17, 15) is 10.1 Å². The van der Waals surface area contributed by atoms with E-state index in [4.69, 9.17) is 23.2 Å². The first-order chi connectivity index (χ1) is 12.9. The number of nitriles is 1. The lowest BCUT2D eigenvalue weighted by molar-refractivity contribution is -0.112. The molecule has 4 nitrogen and oxygen atoms in total. The largest absolute Gasteiger partial charge is 0.321 e. The topological polar surface area (TPSA) is 65.8 Å². The molecule has 0 atom stereocenters. The highest BCUT2D eigenvalue weighted by molar-refractivity contribution is 6.32. The number of halogens is 2. The van der Waals surface area contributed by atoms with Crippen molar-refractivity contribution in [2.24, 2.45) is 0 Å². The summed E-state index contributed by atoms with van der Waals surface area (Å²) in [6, 6.07) is 14.7. The van der Waals surface area contributed by atoms with E-state index in [1.54, 1.807) is 31.2 Å². The number of benzene rings is 2. The van der Waals surface area contributed by atoms with Crippen molar-refractivity contribution in [2.45, 2.75) is 13.8 Å². The first kappa shape index (κ1) is 18.9. The van der Waals surface area contributed by atoms with Crippen LogP contribution in [0, 0.1) is 25.2 Å². The van der Waals surface area contributed by atoms with Crippen molar-refractivity contribution in [1.82, 2.24) is 4.98 Å². The van der Waals surface area contributed by atoms with Gasteiger partial charge in [0.2, 0.25) is 0 Å². The molecule has 3 rings (SSSR count). The van der Waals surface area contributed by atoms with Gasteiger partial charge in [0.25, 0.3) is 5.91 Å². The molecular formula is C21H15Cl2N3O. The Hall–Kier alpha value is -2.87. The SMILES string of the molecule is Cc1ccc2cc(/C=C(\C#N)C(=O)Nc3cccc(Cl)c3C)c(Cl)nc2c1. The van der Waals surface area contributed by atoms with Crippen molar-refractivity contribution in [2.75, 3.05) is 5.32 Å². The Bertz CT molecular complexity index is 1130. The number of aromatic nitrogens is 1. The molecule has 0 spiro atoms. The minimum Gasteiger partial charge on any atom is -0.321 e. The number of hydrogen-bond donors (Lipinski definition) is 1. The average Bonchev–Trinajstić information content (AvgIpc) is 2.63. The Labute approximate surface area is 167 Å². The summed E-state index contributed by atoms with van der Waals surface area (Å²) >= 11 is 12.3.